The van der Waals surface area contributed by atoms with Crippen LogP contribution in [-0.4, -0.2) is 15.0 Å². The first-order valence-electron chi connectivity index (χ1n) is 6.33. The van der Waals surface area contributed by atoms with E-state index in [2.05, 4.69) is 15.0 Å². The van der Waals surface area contributed by atoms with Crippen LogP contribution in [0.2, 0.25) is 0 Å². The first-order valence-corrected chi connectivity index (χ1v) is 6.73. The van der Waals surface area contributed by atoms with E-state index >= 15 is 0 Å². The quantitative estimate of drug-likeness (QED) is 0.716. The summed E-state index contributed by atoms with van der Waals surface area (Å²) in [6, 6.07) is 15.8. The predicted molar refractivity (Wildman–Crippen MR) is 82.8 cm³/mol. The van der Waals surface area contributed by atoms with Crippen LogP contribution < -0.4 is 0 Å². The summed E-state index contributed by atoms with van der Waals surface area (Å²) in [5.74, 6) is 0.703. The Morgan fingerprint density at radius 3 is 2.60 bits per heavy atom. The fraction of sp³-hybridized carbons (Fsp3) is 0.0625. The molecule has 0 aliphatic rings. The van der Waals surface area contributed by atoms with E-state index in [0.29, 0.717) is 10.5 Å². The van der Waals surface area contributed by atoms with Crippen LogP contribution in [0, 0.1) is 11.6 Å². The van der Waals surface area contributed by atoms with Gasteiger partial charge in [0, 0.05) is 11.9 Å². The van der Waals surface area contributed by atoms with Crippen LogP contribution >= 0.6 is 12.2 Å². The molecule has 98 valence electrons. The number of hydrogen-bond acceptors (Lipinski definition) is 3. The predicted octanol–water partition coefficient (Wildman–Crippen LogP) is 4.18. The van der Waals surface area contributed by atoms with Crippen LogP contribution in [0.1, 0.15) is 5.56 Å². The molecule has 4 heteroatoms. The van der Waals surface area contributed by atoms with Crippen LogP contribution in [0.5, 0.6) is 0 Å². The standard InChI is InChI=1S/C16H13N3S/c1-11-6-5-9-17-15(11)16-18-13(10-14(20)19-16)12-7-3-2-4-8-12/h2-10H,1H3,(H,18,19,20). The SMILES string of the molecule is Cc1cccnc1-c1nc(=S)cc(-c2ccccc2)[nH]1. The zero-order valence-electron chi connectivity index (χ0n) is 11.0. The lowest BCUT2D eigenvalue weighted by Crippen LogP contribution is -1.96. The van der Waals surface area contributed by atoms with E-state index in [1.54, 1.807) is 6.20 Å². The van der Waals surface area contributed by atoms with Gasteiger partial charge in [0.05, 0.1) is 0 Å². The van der Waals surface area contributed by atoms with E-state index in [1.165, 1.54) is 0 Å². The number of rotatable bonds is 2. The molecule has 0 radical (unpaired) electrons. The Labute approximate surface area is 122 Å². The second-order valence-electron chi connectivity index (χ2n) is 4.52. The molecule has 2 aromatic heterocycles. The van der Waals surface area contributed by atoms with Crippen molar-refractivity contribution in [1.82, 2.24) is 15.0 Å². The third-order valence-corrected chi connectivity index (χ3v) is 3.27. The van der Waals surface area contributed by atoms with Crippen molar-refractivity contribution in [3.8, 4) is 22.8 Å². The van der Waals surface area contributed by atoms with Crippen molar-refractivity contribution in [3.63, 3.8) is 0 Å². The molecule has 0 spiro atoms. The van der Waals surface area contributed by atoms with Crippen molar-refractivity contribution in [2.45, 2.75) is 6.92 Å². The minimum Gasteiger partial charge on any atom is -0.338 e. The number of aromatic nitrogens is 3. The van der Waals surface area contributed by atoms with Gasteiger partial charge in [0.2, 0.25) is 0 Å². The number of benzene rings is 1. The van der Waals surface area contributed by atoms with E-state index in [1.807, 2.05) is 55.5 Å². The Morgan fingerprint density at radius 1 is 1.05 bits per heavy atom. The maximum Gasteiger partial charge on any atom is 0.158 e. The number of aromatic amines is 1. The Kier molecular flexibility index (Phi) is 3.39. The maximum absolute atomic E-state index is 5.27. The Balaban J connectivity index is 2.18. The molecule has 0 amide bonds. The largest absolute Gasteiger partial charge is 0.338 e. The minimum absolute atomic E-state index is 0.558. The number of pyridine rings is 1. The molecule has 0 atom stereocenters. The first kappa shape index (κ1) is 12.7. The number of aryl methyl sites for hydroxylation is 1. The molecular weight excluding hydrogens is 266 g/mol. The smallest absolute Gasteiger partial charge is 0.158 e. The van der Waals surface area contributed by atoms with Gasteiger partial charge < -0.3 is 4.98 Å². The molecule has 0 aliphatic heterocycles. The summed E-state index contributed by atoms with van der Waals surface area (Å²) in [7, 11) is 0. The topological polar surface area (TPSA) is 41.6 Å². The molecule has 0 bridgehead atoms. The molecular formula is C16H13N3S. The highest BCUT2D eigenvalue weighted by molar-refractivity contribution is 7.71. The van der Waals surface area contributed by atoms with E-state index in [-0.39, 0.29) is 0 Å². The van der Waals surface area contributed by atoms with Gasteiger partial charge >= 0.3 is 0 Å². The van der Waals surface area contributed by atoms with Gasteiger partial charge in [-0.2, -0.15) is 0 Å². The molecule has 1 N–H and O–H groups in total. The average molecular weight is 279 g/mol. The summed E-state index contributed by atoms with van der Waals surface area (Å²) >= 11 is 5.27. The summed E-state index contributed by atoms with van der Waals surface area (Å²) in [6.07, 6.45) is 1.76. The second kappa shape index (κ2) is 5.35. The van der Waals surface area contributed by atoms with Crippen molar-refractivity contribution in [2.75, 3.05) is 0 Å². The van der Waals surface area contributed by atoms with E-state index < -0.39 is 0 Å². The molecule has 20 heavy (non-hydrogen) atoms. The number of nitrogens with zero attached hydrogens (tertiary/aromatic N) is 2. The van der Waals surface area contributed by atoms with Crippen LogP contribution in [0.3, 0.4) is 0 Å². The Bertz CT molecular complexity index is 794. The van der Waals surface area contributed by atoms with Gasteiger partial charge in [0.1, 0.15) is 10.3 Å². The van der Waals surface area contributed by atoms with Crippen LogP contribution in [0.15, 0.2) is 54.7 Å². The lowest BCUT2D eigenvalue weighted by Gasteiger charge is -2.07. The van der Waals surface area contributed by atoms with E-state index in [0.717, 1.165) is 22.5 Å². The Hall–Kier alpha value is -2.33. The van der Waals surface area contributed by atoms with Gasteiger partial charge in [-0.25, -0.2) is 4.98 Å². The summed E-state index contributed by atoms with van der Waals surface area (Å²) in [4.78, 5) is 12.1. The average Bonchev–Trinajstić information content (AvgIpc) is 2.48. The molecule has 3 nitrogen and oxygen atoms in total. The van der Waals surface area contributed by atoms with Crippen molar-refractivity contribution < 1.29 is 0 Å². The highest BCUT2D eigenvalue weighted by atomic mass is 32.1. The van der Waals surface area contributed by atoms with Crippen molar-refractivity contribution in [3.05, 3.63) is 64.9 Å². The van der Waals surface area contributed by atoms with Crippen molar-refractivity contribution in [2.24, 2.45) is 0 Å². The minimum atomic E-state index is 0.558. The number of hydrogen-bond donors (Lipinski definition) is 1. The third-order valence-electron chi connectivity index (χ3n) is 3.06. The molecule has 0 aliphatic carbocycles. The fourth-order valence-electron chi connectivity index (χ4n) is 2.08. The van der Waals surface area contributed by atoms with Crippen LogP contribution in [0.4, 0.5) is 0 Å². The van der Waals surface area contributed by atoms with E-state index in [4.69, 9.17) is 12.2 Å². The highest BCUT2D eigenvalue weighted by Crippen LogP contribution is 2.21. The lowest BCUT2D eigenvalue weighted by atomic mass is 10.1. The molecule has 0 fully saturated rings. The van der Waals surface area contributed by atoms with Crippen molar-refractivity contribution >= 4 is 12.2 Å². The molecule has 3 aromatic rings. The van der Waals surface area contributed by atoms with Gasteiger partial charge in [-0.3, -0.25) is 4.98 Å². The van der Waals surface area contributed by atoms with Crippen LogP contribution in [-0.2, 0) is 0 Å². The van der Waals surface area contributed by atoms with Gasteiger partial charge in [0.15, 0.2) is 5.82 Å². The number of nitrogens with one attached hydrogen (secondary N) is 1. The normalized spacial score (nSPS) is 10.4. The molecule has 1 aromatic carbocycles. The summed E-state index contributed by atoms with van der Waals surface area (Å²) in [5, 5.41) is 0. The van der Waals surface area contributed by atoms with Gasteiger partial charge in [-0.1, -0.05) is 48.6 Å². The highest BCUT2D eigenvalue weighted by Gasteiger charge is 2.07. The maximum atomic E-state index is 5.27. The van der Waals surface area contributed by atoms with Gasteiger partial charge in [-0.15, -0.1) is 0 Å². The first-order chi connectivity index (χ1) is 9.74. The molecule has 0 saturated carbocycles. The molecule has 0 unspecified atom stereocenters. The zero-order chi connectivity index (χ0) is 13.9. The lowest BCUT2D eigenvalue weighted by molar-refractivity contribution is 1.12. The molecule has 3 rings (SSSR count). The monoisotopic (exact) mass is 279 g/mol. The van der Waals surface area contributed by atoms with E-state index in [9.17, 15) is 0 Å². The summed E-state index contributed by atoms with van der Waals surface area (Å²) in [6.45, 7) is 2.01. The fourth-order valence-corrected chi connectivity index (χ4v) is 2.29. The second-order valence-corrected chi connectivity index (χ2v) is 4.93. The molecule has 0 saturated heterocycles. The third kappa shape index (κ3) is 2.51. The number of H-pyrrole nitrogens is 1. The summed E-state index contributed by atoms with van der Waals surface area (Å²) < 4.78 is 0.558. The van der Waals surface area contributed by atoms with Gasteiger partial charge in [0.25, 0.3) is 0 Å². The summed E-state index contributed by atoms with van der Waals surface area (Å²) in [5.41, 5.74) is 3.92. The van der Waals surface area contributed by atoms with Crippen LogP contribution in [0.25, 0.3) is 22.8 Å². The molecule has 2 heterocycles. The zero-order valence-corrected chi connectivity index (χ0v) is 11.8. The Morgan fingerprint density at radius 2 is 1.85 bits per heavy atom. The van der Waals surface area contributed by atoms with Gasteiger partial charge in [-0.05, 0) is 30.2 Å². The van der Waals surface area contributed by atoms with Crippen molar-refractivity contribution in [1.29, 1.82) is 0 Å².